The Bertz CT molecular complexity index is 822. The van der Waals surface area contributed by atoms with Crippen molar-refractivity contribution in [1.29, 1.82) is 0 Å². The van der Waals surface area contributed by atoms with Gasteiger partial charge in [-0.3, -0.25) is 0 Å². The van der Waals surface area contributed by atoms with E-state index in [1.54, 1.807) is 11.1 Å². The van der Waals surface area contributed by atoms with E-state index in [1.807, 2.05) is 0 Å². The third-order valence-electron chi connectivity index (χ3n) is 7.02. The maximum Gasteiger partial charge on any atom is 0 e. The fraction of sp³-hybridized carbons (Fsp3) is 0.481. The summed E-state index contributed by atoms with van der Waals surface area (Å²) in [5.41, 5.74) is 10.4. The van der Waals surface area contributed by atoms with Crippen LogP contribution in [0.15, 0.2) is 42.0 Å². The number of hydrogen-bond acceptors (Lipinski definition) is 0. The molecule has 0 N–H and O–H groups in total. The summed E-state index contributed by atoms with van der Waals surface area (Å²) >= 11 is 0. The number of benzene rings is 2. The van der Waals surface area contributed by atoms with Crippen molar-refractivity contribution in [2.45, 2.75) is 78.1 Å². The van der Waals surface area contributed by atoms with Crippen LogP contribution in [0.1, 0.15) is 87.0 Å². The summed E-state index contributed by atoms with van der Waals surface area (Å²) in [4.78, 5) is 0. The van der Waals surface area contributed by atoms with Gasteiger partial charge >= 0.3 is 0 Å². The van der Waals surface area contributed by atoms with Crippen LogP contribution in [0, 0.1) is 12.8 Å². The van der Waals surface area contributed by atoms with Crippen LogP contribution in [0.3, 0.4) is 0 Å². The zero-order valence-electron chi connectivity index (χ0n) is 17.9. The third kappa shape index (κ3) is 4.62. The second-order valence-corrected chi connectivity index (χ2v) is 8.94. The first kappa shape index (κ1) is 21.8. The number of fused-ring (bicyclic) bond motifs is 1. The first-order valence-electron chi connectivity index (χ1n) is 11.1. The van der Waals surface area contributed by atoms with Crippen molar-refractivity contribution >= 4 is 6.08 Å². The summed E-state index contributed by atoms with van der Waals surface area (Å²) in [6.07, 6.45) is 13.5. The molecule has 1 fully saturated rings. The van der Waals surface area contributed by atoms with Gasteiger partial charge in [-0.15, -0.1) is 0 Å². The zero-order chi connectivity index (χ0) is 18.8. The fourth-order valence-corrected chi connectivity index (χ4v) is 5.03. The van der Waals surface area contributed by atoms with E-state index in [1.165, 1.54) is 79.2 Å². The standard InChI is InChI=1S/C27H34.Zr/c1-4-19(2)23-11-13-24(14-12-23)25-15-10-20(3)26-17-22(18-27(25)26)16-21-8-6-5-7-9-21;/h10-15,18-19,21H,4-9,16-17H2,1-3H3;. The molecular formula is C27H34Zr. The van der Waals surface area contributed by atoms with Gasteiger partial charge in [0.05, 0.1) is 0 Å². The molecule has 0 nitrogen and oxygen atoms in total. The van der Waals surface area contributed by atoms with Crippen LogP contribution in [-0.2, 0) is 32.6 Å². The Hall–Kier alpha value is -0.937. The SMILES string of the molecule is CCC(C)c1ccc(-c2ccc(C)c3c2C=C(CC2CCCCC2)C3)cc1.[Zr]. The maximum atomic E-state index is 2.54. The molecule has 1 unspecified atom stereocenters. The van der Waals surface area contributed by atoms with Gasteiger partial charge in [0.1, 0.15) is 0 Å². The molecule has 0 heterocycles. The van der Waals surface area contributed by atoms with E-state index in [4.69, 9.17) is 0 Å². The van der Waals surface area contributed by atoms with E-state index in [-0.39, 0.29) is 26.2 Å². The Morgan fingerprint density at radius 1 is 0.964 bits per heavy atom. The van der Waals surface area contributed by atoms with Crippen molar-refractivity contribution in [3.63, 3.8) is 0 Å². The molecule has 0 spiro atoms. The van der Waals surface area contributed by atoms with Crippen LogP contribution < -0.4 is 0 Å². The summed E-state index contributed by atoms with van der Waals surface area (Å²) in [5.74, 6) is 1.57. The summed E-state index contributed by atoms with van der Waals surface area (Å²) < 4.78 is 0. The molecular weight excluding hydrogens is 416 g/mol. The fourth-order valence-electron chi connectivity index (χ4n) is 5.03. The molecule has 28 heavy (non-hydrogen) atoms. The molecule has 0 saturated heterocycles. The molecule has 0 amide bonds. The Balaban J connectivity index is 0.00000225. The van der Waals surface area contributed by atoms with Gasteiger partial charge in [0.25, 0.3) is 0 Å². The van der Waals surface area contributed by atoms with Crippen LogP contribution >= 0.6 is 0 Å². The zero-order valence-corrected chi connectivity index (χ0v) is 20.3. The minimum Gasteiger partial charge on any atom is -0.0649 e. The smallest absolute Gasteiger partial charge is 0 e. The minimum atomic E-state index is 0. The molecule has 2 aliphatic rings. The van der Waals surface area contributed by atoms with Crippen molar-refractivity contribution < 1.29 is 26.2 Å². The molecule has 0 radical (unpaired) electrons. The quantitative estimate of drug-likeness (QED) is 0.433. The van der Waals surface area contributed by atoms with Crippen molar-refractivity contribution in [2.75, 3.05) is 0 Å². The minimum absolute atomic E-state index is 0. The van der Waals surface area contributed by atoms with Crippen LogP contribution in [0.25, 0.3) is 17.2 Å². The number of allylic oxidation sites excluding steroid dienone is 1. The Labute approximate surface area is 191 Å². The molecule has 1 heteroatoms. The largest absolute Gasteiger partial charge is 0.0649 e. The summed E-state index contributed by atoms with van der Waals surface area (Å²) in [7, 11) is 0. The van der Waals surface area contributed by atoms with Crippen LogP contribution in [0.2, 0.25) is 0 Å². The summed E-state index contributed by atoms with van der Waals surface area (Å²) in [6, 6.07) is 14.0. The van der Waals surface area contributed by atoms with Gasteiger partial charge in [-0.05, 0) is 71.4 Å². The molecule has 2 aromatic rings. The Morgan fingerprint density at radius 3 is 2.36 bits per heavy atom. The van der Waals surface area contributed by atoms with E-state index >= 15 is 0 Å². The molecule has 2 aliphatic carbocycles. The third-order valence-corrected chi connectivity index (χ3v) is 7.02. The van der Waals surface area contributed by atoms with Crippen molar-refractivity contribution in [3.05, 3.63) is 64.2 Å². The normalized spacial score (nSPS) is 17.6. The maximum absolute atomic E-state index is 2.54. The van der Waals surface area contributed by atoms with Crippen molar-refractivity contribution in [1.82, 2.24) is 0 Å². The van der Waals surface area contributed by atoms with Gasteiger partial charge in [-0.25, -0.2) is 0 Å². The average Bonchev–Trinajstić information content (AvgIpc) is 3.13. The van der Waals surface area contributed by atoms with Gasteiger partial charge in [-0.1, -0.05) is 94.0 Å². The molecule has 0 bridgehead atoms. The van der Waals surface area contributed by atoms with E-state index in [9.17, 15) is 0 Å². The van der Waals surface area contributed by atoms with E-state index in [0.29, 0.717) is 5.92 Å². The van der Waals surface area contributed by atoms with Crippen LogP contribution in [0.5, 0.6) is 0 Å². The molecule has 0 aromatic heterocycles. The van der Waals surface area contributed by atoms with Gasteiger partial charge in [0, 0.05) is 26.2 Å². The monoisotopic (exact) mass is 448 g/mol. The second kappa shape index (κ2) is 9.71. The molecule has 2 aromatic carbocycles. The number of aryl methyl sites for hydroxylation is 1. The predicted octanol–water partition coefficient (Wildman–Crippen LogP) is 8.08. The summed E-state index contributed by atoms with van der Waals surface area (Å²) in [6.45, 7) is 6.87. The Kier molecular flexibility index (Phi) is 7.55. The molecule has 1 atom stereocenters. The first-order valence-corrected chi connectivity index (χ1v) is 11.1. The molecule has 146 valence electrons. The second-order valence-electron chi connectivity index (χ2n) is 8.94. The number of hydrogen-bond donors (Lipinski definition) is 0. The van der Waals surface area contributed by atoms with E-state index < -0.39 is 0 Å². The molecule has 1 saturated carbocycles. The van der Waals surface area contributed by atoms with Crippen molar-refractivity contribution in [2.24, 2.45) is 5.92 Å². The Morgan fingerprint density at radius 2 is 1.68 bits per heavy atom. The summed E-state index contributed by atoms with van der Waals surface area (Å²) in [5, 5.41) is 0. The predicted molar refractivity (Wildman–Crippen MR) is 118 cm³/mol. The van der Waals surface area contributed by atoms with Crippen molar-refractivity contribution in [3.8, 4) is 11.1 Å². The van der Waals surface area contributed by atoms with Crippen LogP contribution in [-0.4, -0.2) is 0 Å². The van der Waals surface area contributed by atoms with Crippen LogP contribution in [0.4, 0.5) is 0 Å². The van der Waals surface area contributed by atoms with E-state index in [2.05, 4.69) is 63.2 Å². The van der Waals surface area contributed by atoms with Gasteiger partial charge < -0.3 is 0 Å². The van der Waals surface area contributed by atoms with Gasteiger partial charge in [-0.2, -0.15) is 0 Å². The van der Waals surface area contributed by atoms with Gasteiger partial charge in [0.15, 0.2) is 0 Å². The molecule has 0 aliphatic heterocycles. The topological polar surface area (TPSA) is 0 Å². The number of rotatable bonds is 5. The molecule has 4 rings (SSSR count). The van der Waals surface area contributed by atoms with Gasteiger partial charge in [0.2, 0.25) is 0 Å². The van der Waals surface area contributed by atoms with E-state index in [0.717, 1.165) is 5.92 Å². The average molecular weight is 450 g/mol. The first-order chi connectivity index (χ1) is 13.2.